The highest BCUT2D eigenvalue weighted by atomic mass is 35.5. The van der Waals surface area contributed by atoms with E-state index in [4.69, 9.17) is 11.6 Å². The van der Waals surface area contributed by atoms with Crippen LogP contribution in [0.2, 0.25) is 0 Å². The van der Waals surface area contributed by atoms with Crippen LogP contribution in [0, 0.1) is 5.92 Å². The van der Waals surface area contributed by atoms with Gasteiger partial charge >= 0.3 is 0 Å². The molecule has 0 aromatic heterocycles. The van der Waals surface area contributed by atoms with Crippen molar-refractivity contribution in [2.75, 3.05) is 11.6 Å². The molecule has 0 saturated carbocycles. The fraction of sp³-hybridized carbons (Fsp3) is 1.00. The molecular formula is C7H13ClO2S. The van der Waals surface area contributed by atoms with Crippen molar-refractivity contribution in [2.24, 2.45) is 5.92 Å². The van der Waals surface area contributed by atoms with Gasteiger partial charge in [-0.1, -0.05) is 0 Å². The minimum atomic E-state index is -2.87. The number of hydrogen-bond acceptors (Lipinski definition) is 2. The molecular weight excluding hydrogens is 184 g/mol. The highest BCUT2D eigenvalue weighted by Crippen LogP contribution is 2.37. The van der Waals surface area contributed by atoms with Crippen molar-refractivity contribution in [3.8, 4) is 0 Å². The molecule has 1 rings (SSSR count). The van der Waals surface area contributed by atoms with E-state index in [-0.39, 0.29) is 5.92 Å². The minimum absolute atomic E-state index is 0.133. The summed E-state index contributed by atoms with van der Waals surface area (Å²) in [5.41, 5.74) is 0. The lowest BCUT2D eigenvalue weighted by Gasteiger charge is -2.23. The first kappa shape index (κ1) is 9.33. The molecule has 0 aromatic carbocycles. The maximum absolute atomic E-state index is 11.4. The van der Waals surface area contributed by atoms with Crippen molar-refractivity contribution in [1.82, 2.24) is 0 Å². The summed E-state index contributed by atoms with van der Waals surface area (Å²) in [7, 11) is -2.87. The zero-order chi connectivity index (χ0) is 8.70. The molecule has 11 heavy (non-hydrogen) atoms. The third-order valence-corrected chi connectivity index (χ3v) is 5.79. The number of sulfone groups is 1. The number of halogens is 1. The molecule has 2 nitrogen and oxygen atoms in total. The molecule has 1 saturated heterocycles. The Balaban J connectivity index is 3.00. The van der Waals surface area contributed by atoms with E-state index in [1.165, 1.54) is 0 Å². The summed E-state index contributed by atoms with van der Waals surface area (Å²) in [6.07, 6.45) is 0.721. The third-order valence-electron chi connectivity index (χ3n) is 2.71. The fourth-order valence-corrected chi connectivity index (χ4v) is 3.89. The van der Waals surface area contributed by atoms with Gasteiger partial charge in [-0.15, -0.1) is 11.6 Å². The fourth-order valence-electron chi connectivity index (χ4n) is 1.42. The molecule has 1 aliphatic rings. The Morgan fingerprint density at radius 2 is 2.09 bits per heavy atom. The van der Waals surface area contributed by atoms with Crippen molar-refractivity contribution in [2.45, 2.75) is 25.0 Å². The molecule has 1 atom stereocenters. The average molecular weight is 197 g/mol. The number of alkyl halides is 1. The lowest BCUT2D eigenvalue weighted by molar-refractivity contribution is 0.461. The van der Waals surface area contributed by atoms with E-state index in [0.29, 0.717) is 11.6 Å². The highest BCUT2D eigenvalue weighted by Gasteiger charge is 2.46. The van der Waals surface area contributed by atoms with Crippen LogP contribution < -0.4 is 0 Å². The molecule has 4 heteroatoms. The molecule has 1 unspecified atom stereocenters. The Morgan fingerprint density at radius 1 is 1.55 bits per heavy atom. The van der Waals surface area contributed by atoms with Crippen LogP contribution >= 0.6 is 11.6 Å². The zero-order valence-corrected chi connectivity index (χ0v) is 8.37. The van der Waals surface area contributed by atoms with Gasteiger partial charge in [0.1, 0.15) is 0 Å². The second-order valence-electron chi connectivity index (χ2n) is 3.56. The van der Waals surface area contributed by atoms with Gasteiger partial charge in [0.25, 0.3) is 0 Å². The highest BCUT2D eigenvalue weighted by molar-refractivity contribution is 7.93. The van der Waals surface area contributed by atoms with Gasteiger partial charge in [-0.3, -0.25) is 0 Å². The molecule has 1 fully saturated rings. The lowest BCUT2D eigenvalue weighted by Crippen LogP contribution is -2.34. The summed E-state index contributed by atoms with van der Waals surface area (Å²) < 4.78 is 22.2. The second kappa shape index (κ2) is 2.63. The SMILES string of the molecule is CC1(C)C(CCl)CCS1(=O)=O. The van der Waals surface area contributed by atoms with Crippen molar-refractivity contribution in [3.63, 3.8) is 0 Å². The summed E-state index contributed by atoms with van der Waals surface area (Å²) in [6, 6.07) is 0. The predicted molar refractivity (Wildman–Crippen MR) is 46.7 cm³/mol. The number of rotatable bonds is 1. The van der Waals surface area contributed by atoms with Crippen LogP contribution in [0.4, 0.5) is 0 Å². The van der Waals surface area contributed by atoms with Crippen LogP contribution in [-0.4, -0.2) is 24.8 Å². The van der Waals surface area contributed by atoms with Gasteiger partial charge in [-0.25, -0.2) is 8.42 Å². The Morgan fingerprint density at radius 3 is 2.27 bits per heavy atom. The Labute approximate surface area is 72.9 Å². The van der Waals surface area contributed by atoms with Crippen LogP contribution in [0.15, 0.2) is 0 Å². The van der Waals surface area contributed by atoms with Gasteiger partial charge in [-0.2, -0.15) is 0 Å². The van der Waals surface area contributed by atoms with Crippen LogP contribution in [0.3, 0.4) is 0 Å². The topological polar surface area (TPSA) is 34.1 Å². The maximum Gasteiger partial charge on any atom is 0.155 e. The summed E-state index contributed by atoms with van der Waals surface area (Å²) in [5, 5.41) is 0. The molecule has 0 amide bonds. The summed E-state index contributed by atoms with van der Waals surface area (Å²) in [6.45, 7) is 3.53. The molecule has 0 aliphatic carbocycles. The summed E-state index contributed by atoms with van der Waals surface area (Å²) >= 11 is 5.66. The molecule has 0 spiro atoms. The van der Waals surface area contributed by atoms with Gasteiger partial charge < -0.3 is 0 Å². The van der Waals surface area contributed by atoms with E-state index in [9.17, 15) is 8.42 Å². The Bertz CT molecular complexity index is 243. The van der Waals surface area contributed by atoms with E-state index >= 15 is 0 Å². The quantitative estimate of drug-likeness (QED) is 0.595. The predicted octanol–water partition coefficient (Wildman–Crippen LogP) is 1.44. The van der Waals surface area contributed by atoms with Crippen molar-refractivity contribution in [3.05, 3.63) is 0 Å². The third kappa shape index (κ3) is 1.29. The first-order chi connectivity index (χ1) is 4.92. The normalized spacial score (nSPS) is 33.9. The second-order valence-corrected chi connectivity index (χ2v) is 6.56. The van der Waals surface area contributed by atoms with Gasteiger partial charge in [0, 0.05) is 5.88 Å². The summed E-state index contributed by atoms with van der Waals surface area (Å²) in [5.74, 6) is 0.887. The first-order valence-corrected chi connectivity index (χ1v) is 5.89. The monoisotopic (exact) mass is 196 g/mol. The first-order valence-electron chi connectivity index (χ1n) is 3.70. The van der Waals surface area contributed by atoms with Crippen LogP contribution in [0.25, 0.3) is 0 Å². The molecule has 0 N–H and O–H groups in total. The molecule has 0 bridgehead atoms. The maximum atomic E-state index is 11.4. The summed E-state index contributed by atoms with van der Waals surface area (Å²) in [4.78, 5) is 0. The minimum Gasteiger partial charge on any atom is -0.228 e. The van der Waals surface area contributed by atoms with Gasteiger partial charge in [0.15, 0.2) is 9.84 Å². The molecule has 0 radical (unpaired) electrons. The Hall–Kier alpha value is 0.240. The zero-order valence-electron chi connectivity index (χ0n) is 6.80. The van der Waals surface area contributed by atoms with Crippen LogP contribution in [-0.2, 0) is 9.84 Å². The Kier molecular flexibility index (Phi) is 2.23. The average Bonchev–Trinajstić information content (AvgIpc) is 2.05. The van der Waals surface area contributed by atoms with Crippen LogP contribution in [0.1, 0.15) is 20.3 Å². The smallest absolute Gasteiger partial charge is 0.155 e. The van der Waals surface area contributed by atoms with E-state index in [0.717, 1.165) is 6.42 Å². The van der Waals surface area contributed by atoms with E-state index in [1.807, 2.05) is 0 Å². The molecule has 1 heterocycles. The van der Waals surface area contributed by atoms with E-state index < -0.39 is 14.6 Å². The van der Waals surface area contributed by atoms with Crippen molar-refractivity contribution in [1.29, 1.82) is 0 Å². The lowest BCUT2D eigenvalue weighted by atomic mass is 9.95. The van der Waals surface area contributed by atoms with E-state index in [1.54, 1.807) is 13.8 Å². The molecule has 66 valence electrons. The van der Waals surface area contributed by atoms with Gasteiger partial charge in [0.05, 0.1) is 10.5 Å². The van der Waals surface area contributed by atoms with Crippen molar-refractivity contribution >= 4 is 21.4 Å². The standard InChI is InChI=1S/C7H13ClO2S/c1-7(2)6(5-8)3-4-11(7,9)10/h6H,3-5H2,1-2H3. The van der Waals surface area contributed by atoms with Crippen molar-refractivity contribution < 1.29 is 8.42 Å². The van der Waals surface area contributed by atoms with E-state index in [2.05, 4.69) is 0 Å². The molecule has 1 aliphatic heterocycles. The van der Waals surface area contributed by atoms with Gasteiger partial charge in [-0.05, 0) is 26.2 Å². The van der Waals surface area contributed by atoms with Gasteiger partial charge in [0.2, 0.25) is 0 Å². The largest absolute Gasteiger partial charge is 0.228 e. The van der Waals surface area contributed by atoms with Crippen LogP contribution in [0.5, 0.6) is 0 Å². The number of hydrogen-bond donors (Lipinski definition) is 0. The molecule has 0 aromatic rings.